The van der Waals surface area contributed by atoms with Crippen molar-refractivity contribution >= 4 is 23.2 Å². The van der Waals surface area contributed by atoms with Gasteiger partial charge < -0.3 is 10.5 Å². The molecular weight excluding hydrogens is 233 g/mol. The van der Waals surface area contributed by atoms with Gasteiger partial charge in [-0.3, -0.25) is 0 Å². The van der Waals surface area contributed by atoms with Crippen LogP contribution >= 0.6 is 23.2 Å². The summed E-state index contributed by atoms with van der Waals surface area (Å²) in [4.78, 5) is 0. The number of hydrogen-bond donors (Lipinski definition) is 1. The van der Waals surface area contributed by atoms with Crippen LogP contribution in [0, 0.1) is 0 Å². The van der Waals surface area contributed by atoms with Crippen molar-refractivity contribution in [1.29, 1.82) is 0 Å². The van der Waals surface area contributed by atoms with Gasteiger partial charge in [0.2, 0.25) is 0 Å². The minimum atomic E-state index is 0.183. The van der Waals surface area contributed by atoms with E-state index in [0.29, 0.717) is 22.4 Å². The molecule has 0 aliphatic rings. The van der Waals surface area contributed by atoms with Crippen molar-refractivity contribution in [3.8, 4) is 5.75 Å². The third-order valence-corrected chi connectivity index (χ3v) is 2.99. The second-order valence-corrected chi connectivity index (χ2v) is 4.14. The molecule has 0 heterocycles. The molecule has 84 valence electrons. The summed E-state index contributed by atoms with van der Waals surface area (Å²) in [6, 6.07) is 5.52. The van der Waals surface area contributed by atoms with Crippen LogP contribution in [-0.4, -0.2) is 12.6 Å². The molecule has 0 saturated carbocycles. The van der Waals surface area contributed by atoms with Gasteiger partial charge >= 0.3 is 0 Å². The molecule has 1 rings (SSSR count). The Morgan fingerprint density at radius 1 is 1.40 bits per heavy atom. The number of rotatable bonds is 5. The van der Waals surface area contributed by atoms with Crippen LogP contribution in [-0.2, 0) is 0 Å². The zero-order valence-electron chi connectivity index (χ0n) is 8.67. The average molecular weight is 248 g/mol. The van der Waals surface area contributed by atoms with E-state index in [1.165, 1.54) is 0 Å². The molecule has 0 amide bonds. The highest BCUT2D eigenvalue weighted by atomic mass is 35.5. The van der Waals surface area contributed by atoms with Gasteiger partial charge in [-0.2, -0.15) is 0 Å². The molecule has 4 heteroatoms. The lowest BCUT2D eigenvalue weighted by Gasteiger charge is -2.11. The number of hydrogen-bond acceptors (Lipinski definition) is 2. The molecule has 0 radical (unpaired) electrons. The number of benzene rings is 1. The Kier molecular flexibility index (Phi) is 5.23. The van der Waals surface area contributed by atoms with Crippen LogP contribution in [0.1, 0.15) is 19.8 Å². The van der Waals surface area contributed by atoms with Crippen LogP contribution < -0.4 is 10.5 Å². The highest BCUT2D eigenvalue weighted by molar-refractivity contribution is 6.42. The predicted molar refractivity (Wildman–Crippen MR) is 64.8 cm³/mol. The zero-order chi connectivity index (χ0) is 11.3. The molecule has 2 N–H and O–H groups in total. The van der Waals surface area contributed by atoms with E-state index in [0.717, 1.165) is 12.8 Å². The van der Waals surface area contributed by atoms with E-state index in [1.54, 1.807) is 12.1 Å². The van der Waals surface area contributed by atoms with Crippen molar-refractivity contribution in [3.63, 3.8) is 0 Å². The largest absolute Gasteiger partial charge is 0.492 e. The first-order chi connectivity index (χ1) is 7.15. The van der Waals surface area contributed by atoms with Gasteiger partial charge in [0.05, 0.1) is 11.6 Å². The molecule has 1 unspecified atom stereocenters. The summed E-state index contributed by atoms with van der Waals surface area (Å²) in [6.07, 6.45) is 1.77. The van der Waals surface area contributed by atoms with Crippen molar-refractivity contribution in [3.05, 3.63) is 28.2 Å². The standard InChI is InChI=1S/C11H15Cl2NO/c1-2-8(14)6-7-15-10-5-3-4-9(12)11(10)13/h3-5,8H,2,6-7,14H2,1H3. The van der Waals surface area contributed by atoms with Crippen LogP contribution in [0.15, 0.2) is 18.2 Å². The van der Waals surface area contributed by atoms with Gasteiger partial charge in [-0.1, -0.05) is 36.2 Å². The minimum absolute atomic E-state index is 0.183. The van der Waals surface area contributed by atoms with Crippen LogP contribution in [0.2, 0.25) is 10.0 Å². The lowest BCUT2D eigenvalue weighted by Crippen LogP contribution is -2.21. The molecule has 0 fully saturated rings. The summed E-state index contributed by atoms with van der Waals surface area (Å²) in [5.74, 6) is 0.618. The van der Waals surface area contributed by atoms with E-state index in [4.69, 9.17) is 33.7 Å². The Morgan fingerprint density at radius 2 is 2.13 bits per heavy atom. The fourth-order valence-electron chi connectivity index (χ4n) is 1.12. The monoisotopic (exact) mass is 247 g/mol. The fraction of sp³-hybridized carbons (Fsp3) is 0.455. The number of ether oxygens (including phenoxy) is 1. The van der Waals surface area contributed by atoms with E-state index in [9.17, 15) is 0 Å². The molecule has 0 saturated heterocycles. The third-order valence-electron chi connectivity index (χ3n) is 2.19. The maximum atomic E-state index is 5.95. The normalized spacial score (nSPS) is 12.5. The number of nitrogens with two attached hydrogens (primary N) is 1. The predicted octanol–water partition coefficient (Wildman–Crippen LogP) is 3.50. The van der Waals surface area contributed by atoms with E-state index in [2.05, 4.69) is 6.92 Å². The molecule has 15 heavy (non-hydrogen) atoms. The van der Waals surface area contributed by atoms with Gasteiger partial charge in [0, 0.05) is 6.04 Å². The van der Waals surface area contributed by atoms with E-state index in [-0.39, 0.29) is 6.04 Å². The zero-order valence-corrected chi connectivity index (χ0v) is 10.2. The number of halogens is 2. The van der Waals surface area contributed by atoms with Crippen molar-refractivity contribution in [2.24, 2.45) is 5.73 Å². The highest BCUT2D eigenvalue weighted by Crippen LogP contribution is 2.31. The minimum Gasteiger partial charge on any atom is -0.492 e. The molecule has 2 nitrogen and oxygen atoms in total. The second kappa shape index (κ2) is 6.21. The smallest absolute Gasteiger partial charge is 0.139 e. The Balaban J connectivity index is 2.47. The highest BCUT2D eigenvalue weighted by Gasteiger charge is 2.05. The fourth-order valence-corrected chi connectivity index (χ4v) is 1.47. The summed E-state index contributed by atoms with van der Waals surface area (Å²) in [6.45, 7) is 2.62. The molecular formula is C11H15Cl2NO. The molecule has 0 spiro atoms. The quantitative estimate of drug-likeness (QED) is 0.865. The topological polar surface area (TPSA) is 35.2 Å². The Morgan fingerprint density at radius 3 is 2.80 bits per heavy atom. The first-order valence-corrected chi connectivity index (χ1v) is 5.73. The Labute approximate surface area is 100 Å². The first-order valence-electron chi connectivity index (χ1n) is 4.97. The van der Waals surface area contributed by atoms with E-state index in [1.807, 2.05) is 6.07 Å². The van der Waals surface area contributed by atoms with Crippen molar-refractivity contribution in [2.45, 2.75) is 25.8 Å². The first kappa shape index (κ1) is 12.6. The summed E-state index contributed by atoms with van der Waals surface area (Å²) in [5.41, 5.74) is 5.77. The van der Waals surface area contributed by atoms with E-state index >= 15 is 0 Å². The average Bonchev–Trinajstić information content (AvgIpc) is 2.24. The van der Waals surface area contributed by atoms with Crippen LogP contribution in [0.4, 0.5) is 0 Å². The summed E-state index contributed by atoms with van der Waals surface area (Å²) in [7, 11) is 0. The van der Waals surface area contributed by atoms with Gasteiger partial charge in [0.1, 0.15) is 10.8 Å². The second-order valence-electron chi connectivity index (χ2n) is 3.36. The van der Waals surface area contributed by atoms with Crippen molar-refractivity contribution < 1.29 is 4.74 Å². The molecule has 0 aliphatic carbocycles. The van der Waals surface area contributed by atoms with Gasteiger partial charge in [-0.25, -0.2) is 0 Å². The van der Waals surface area contributed by atoms with Crippen LogP contribution in [0.3, 0.4) is 0 Å². The van der Waals surface area contributed by atoms with Crippen LogP contribution in [0.5, 0.6) is 5.75 Å². The molecule has 1 atom stereocenters. The van der Waals surface area contributed by atoms with Gasteiger partial charge in [0.25, 0.3) is 0 Å². The van der Waals surface area contributed by atoms with Crippen molar-refractivity contribution in [1.82, 2.24) is 0 Å². The maximum Gasteiger partial charge on any atom is 0.139 e. The lowest BCUT2D eigenvalue weighted by atomic mass is 10.2. The molecule has 1 aromatic rings. The summed E-state index contributed by atoms with van der Waals surface area (Å²) >= 11 is 11.8. The molecule has 0 aromatic heterocycles. The van der Waals surface area contributed by atoms with Gasteiger partial charge in [-0.15, -0.1) is 0 Å². The summed E-state index contributed by atoms with van der Waals surface area (Å²) in [5, 5.41) is 0.971. The molecule has 1 aromatic carbocycles. The van der Waals surface area contributed by atoms with E-state index < -0.39 is 0 Å². The van der Waals surface area contributed by atoms with Crippen molar-refractivity contribution in [2.75, 3.05) is 6.61 Å². The maximum absolute atomic E-state index is 5.95. The SMILES string of the molecule is CCC(N)CCOc1cccc(Cl)c1Cl. The molecule has 0 aliphatic heterocycles. The Bertz CT molecular complexity index is 317. The lowest BCUT2D eigenvalue weighted by molar-refractivity contribution is 0.296. The molecule has 0 bridgehead atoms. The Hall–Kier alpha value is -0.440. The van der Waals surface area contributed by atoms with Gasteiger partial charge in [0.15, 0.2) is 0 Å². The van der Waals surface area contributed by atoms with Gasteiger partial charge in [-0.05, 0) is 25.0 Å². The third kappa shape index (κ3) is 3.90. The summed E-state index contributed by atoms with van der Waals surface area (Å²) < 4.78 is 5.49. The van der Waals surface area contributed by atoms with Crippen LogP contribution in [0.25, 0.3) is 0 Å².